The maximum atomic E-state index is 11.4. The molecule has 2 rings (SSSR count). The zero-order chi connectivity index (χ0) is 13.9. The van der Waals surface area contributed by atoms with Crippen molar-refractivity contribution in [3.05, 3.63) is 34.9 Å². The molecule has 1 aromatic carbocycles. The van der Waals surface area contributed by atoms with Gasteiger partial charge in [0.15, 0.2) is 5.92 Å². The first-order chi connectivity index (χ1) is 9.10. The maximum Gasteiger partial charge on any atom is 0.321 e. The Hall–Kier alpha value is -1.57. The van der Waals surface area contributed by atoms with Gasteiger partial charge in [-0.25, -0.2) is 0 Å². The van der Waals surface area contributed by atoms with Gasteiger partial charge >= 0.3 is 5.97 Å². The number of carboxylic acid groups (broad SMARTS) is 1. The van der Waals surface area contributed by atoms with E-state index in [1.807, 2.05) is 6.07 Å². The third kappa shape index (κ3) is 2.58. The number of nitriles is 1. The summed E-state index contributed by atoms with van der Waals surface area (Å²) in [5.74, 6) is -2.16. The fraction of sp³-hybridized carbons (Fsp3) is 0.429. The highest BCUT2D eigenvalue weighted by atomic mass is 35.5. The third-order valence-corrected chi connectivity index (χ3v) is 3.98. The molecule has 4 nitrogen and oxygen atoms in total. The van der Waals surface area contributed by atoms with Crippen molar-refractivity contribution in [2.75, 3.05) is 13.2 Å². The van der Waals surface area contributed by atoms with Gasteiger partial charge in [0.1, 0.15) is 0 Å². The monoisotopic (exact) mass is 279 g/mol. The summed E-state index contributed by atoms with van der Waals surface area (Å²) in [4.78, 5) is 11.4. The third-order valence-electron chi connectivity index (χ3n) is 3.73. The van der Waals surface area contributed by atoms with Crippen molar-refractivity contribution in [3.8, 4) is 6.07 Å². The lowest BCUT2D eigenvalue weighted by Gasteiger charge is -2.39. The Kier molecular flexibility index (Phi) is 4.08. The predicted octanol–water partition coefficient (Wildman–Crippen LogP) is 2.61. The highest BCUT2D eigenvalue weighted by molar-refractivity contribution is 6.30. The number of nitrogens with zero attached hydrogens (tertiary/aromatic N) is 1. The molecule has 1 heterocycles. The van der Waals surface area contributed by atoms with Crippen LogP contribution in [0.4, 0.5) is 0 Å². The highest BCUT2D eigenvalue weighted by Gasteiger charge is 2.46. The van der Waals surface area contributed by atoms with E-state index in [9.17, 15) is 15.2 Å². The average Bonchev–Trinajstić information content (AvgIpc) is 2.40. The van der Waals surface area contributed by atoms with E-state index in [-0.39, 0.29) is 0 Å². The number of carbonyl (C=O) groups is 1. The molecular weight excluding hydrogens is 266 g/mol. The highest BCUT2D eigenvalue weighted by Crippen LogP contribution is 2.41. The van der Waals surface area contributed by atoms with Crippen molar-refractivity contribution < 1.29 is 14.6 Å². The van der Waals surface area contributed by atoms with Crippen LogP contribution >= 0.6 is 11.6 Å². The van der Waals surface area contributed by atoms with Gasteiger partial charge in [-0.05, 0) is 30.5 Å². The molecule has 0 radical (unpaired) electrons. The SMILES string of the molecule is N#CC(C(=O)O)C1(c2ccc(Cl)cc2)CCOCC1. The maximum absolute atomic E-state index is 11.4. The topological polar surface area (TPSA) is 70.3 Å². The lowest BCUT2D eigenvalue weighted by atomic mass is 9.66. The van der Waals surface area contributed by atoms with Gasteiger partial charge in [0.2, 0.25) is 0 Å². The van der Waals surface area contributed by atoms with Gasteiger partial charge < -0.3 is 9.84 Å². The standard InChI is InChI=1S/C14H14ClNO3/c15-11-3-1-10(2-4-11)14(5-7-19-8-6-14)12(9-16)13(17)18/h1-4,12H,5-8H2,(H,17,18). The van der Waals surface area contributed by atoms with Gasteiger partial charge in [0, 0.05) is 23.7 Å². The second kappa shape index (κ2) is 5.60. The summed E-state index contributed by atoms with van der Waals surface area (Å²) in [5.41, 5.74) is 0.151. The van der Waals surface area contributed by atoms with Gasteiger partial charge in [-0.2, -0.15) is 5.26 Å². The summed E-state index contributed by atoms with van der Waals surface area (Å²) in [7, 11) is 0. The molecule has 1 unspecified atom stereocenters. The number of hydrogen-bond acceptors (Lipinski definition) is 3. The number of carboxylic acids is 1. The molecule has 1 fully saturated rings. The number of hydrogen-bond donors (Lipinski definition) is 1. The van der Waals surface area contributed by atoms with Crippen molar-refractivity contribution in [2.45, 2.75) is 18.3 Å². The summed E-state index contributed by atoms with van der Waals surface area (Å²) < 4.78 is 5.32. The lowest BCUT2D eigenvalue weighted by molar-refractivity contribution is -0.143. The number of ether oxygens (including phenoxy) is 1. The molecule has 0 amide bonds. The van der Waals surface area contributed by atoms with Crippen molar-refractivity contribution in [1.82, 2.24) is 0 Å². The van der Waals surface area contributed by atoms with Crippen molar-refractivity contribution in [1.29, 1.82) is 5.26 Å². The van der Waals surface area contributed by atoms with E-state index in [1.54, 1.807) is 24.3 Å². The summed E-state index contributed by atoms with van der Waals surface area (Å²) >= 11 is 5.87. The number of benzene rings is 1. The fourth-order valence-electron chi connectivity index (χ4n) is 2.68. The van der Waals surface area contributed by atoms with Crippen LogP contribution in [-0.2, 0) is 14.9 Å². The Morgan fingerprint density at radius 2 is 1.95 bits per heavy atom. The molecule has 0 bridgehead atoms. The van der Waals surface area contributed by atoms with Crippen LogP contribution in [0.1, 0.15) is 18.4 Å². The van der Waals surface area contributed by atoms with Gasteiger partial charge in [0.25, 0.3) is 0 Å². The van der Waals surface area contributed by atoms with E-state index in [2.05, 4.69) is 0 Å². The minimum Gasteiger partial charge on any atom is -0.480 e. The smallest absolute Gasteiger partial charge is 0.321 e. The molecule has 1 aromatic rings. The van der Waals surface area contributed by atoms with Crippen LogP contribution in [0, 0.1) is 17.2 Å². The quantitative estimate of drug-likeness (QED) is 0.923. The van der Waals surface area contributed by atoms with Crippen LogP contribution in [0.25, 0.3) is 0 Å². The van der Waals surface area contributed by atoms with E-state index in [1.165, 1.54) is 0 Å². The Morgan fingerprint density at radius 3 is 2.42 bits per heavy atom. The van der Waals surface area contributed by atoms with E-state index < -0.39 is 17.3 Å². The molecule has 100 valence electrons. The molecule has 1 saturated heterocycles. The lowest BCUT2D eigenvalue weighted by Crippen LogP contribution is -2.43. The van der Waals surface area contributed by atoms with E-state index in [0.29, 0.717) is 31.1 Å². The zero-order valence-corrected chi connectivity index (χ0v) is 11.1. The van der Waals surface area contributed by atoms with Crippen LogP contribution in [-0.4, -0.2) is 24.3 Å². The van der Waals surface area contributed by atoms with Crippen LogP contribution < -0.4 is 0 Å². The van der Waals surface area contributed by atoms with Crippen LogP contribution in [0.5, 0.6) is 0 Å². The molecule has 0 saturated carbocycles. The molecule has 1 N–H and O–H groups in total. The summed E-state index contributed by atoms with van der Waals surface area (Å²) in [6, 6.07) is 9.00. The molecule has 1 atom stereocenters. The van der Waals surface area contributed by atoms with Crippen LogP contribution in [0.3, 0.4) is 0 Å². The Balaban J connectivity index is 2.48. The predicted molar refractivity (Wildman–Crippen MR) is 69.9 cm³/mol. The second-order valence-corrected chi connectivity index (χ2v) is 5.11. The van der Waals surface area contributed by atoms with Crippen LogP contribution in [0.2, 0.25) is 5.02 Å². The number of halogens is 1. The largest absolute Gasteiger partial charge is 0.480 e. The van der Waals surface area contributed by atoms with Crippen molar-refractivity contribution in [3.63, 3.8) is 0 Å². The van der Waals surface area contributed by atoms with Gasteiger partial charge in [-0.15, -0.1) is 0 Å². The first-order valence-electron chi connectivity index (χ1n) is 6.06. The molecular formula is C14H14ClNO3. The molecule has 0 aliphatic carbocycles. The summed E-state index contributed by atoms with van der Waals surface area (Å²) in [6.45, 7) is 0.933. The molecule has 1 aliphatic heterocycles. The Bertz CT molecular complexity index is 500. The zero-order valence-electron chi connectivity index (χ0n) is 10.3. The molecule has 19 heavy (non-hydrogen) atoms. The van der Waals surface area contributed by atoms with Gasteiger partial charge in [-0.1, -0.05) is 23.7 Å². The Morgan fingerprint density at radius 1 is 1.37 bits per heavy atom. The van der Waals surface area contributed by atoms with E-state index in [4.69, 9.17) is 16.3 Å². The fourth-order valence-corrected chi connectivity index (χ4v) is 2.80. The first-order valence-corrected chi connectivity index (χ1v) is 6.44. The second-order valence-electron chi connectivity index (χ2n) is 4.68. The Labute approximate surface area is 116 Å². The number of aliphatic carboxylic acids is 1. The summed E-state index contributed by atoms with van der Waals surface area (Å²) in [6.07, 6.45) is 1.05. The van der Waals surface area contributed by atoms with Crippen molar-refractivity contribution >= 4 is 17.6 Å². The molecule has 1 aliphatic rings. The van der Waals surface area contributed by atoms with E-state index in [0.717, 1.165) is 5.56 Å². The van der Waals surface area contributed by atoms with Crippen molar-refractivity contribution in [2.24, 2.45) is 5.92 Å². The minimum atomic E-state index is -1.08. The van der Waals surface area contributed by atoms with Gasteiger partial charge in [0.05, 0.1) is 6.07 Å². The average molecular weight is 280 g/mol. The first kappa shape index (κ1) is 13.9. The molecule has 0 spiro atoms. The van der Waals surface area contributed by atoms with E-state index >= 15 is 0 Å². The van der Waals surface area contributed by atoms with Gasteiger partial charge in [-0.3, -0.25) is 4.79 Å². The normalized spacial score (nSPS) is 19.4. The summed E-state index contributed by atoms with van der Waals surface area (Å²) in [5, 5.41) is 19.1. The number of rotatable bonds is 3. The van der Waals surface area contributed by atoms with Crippen LogP contribution in [0.15, 0.2) is 24.3 Å². The molecule has 5 heteroatoms. The minimum absolute atomic E-state index is 0.466. The molecule has 0 aromatic heterocycles.